The summed E-state index contributed by atoms with van der Waals surface area (Å²) in [6, 6.07) is 0. The Morgan fingerprint density at radius 3 is 2.50 bits per heavy atom. The number of hydrogen-bond donors (Lipinski definition) is 3. The van der Waals surface area contributed by atoms with Crippen molar-refractivity contribution in [2.45, 2.75) is 71.8 Å². The van der Waals surface area contributed by atoms with Crippen molar-refractivity contribution in [3.05, 3.63) is 11.1 Å². The molecule has 0 radical (unpaired) electrons. The Morgan fingerprint density at radius 2 is 1.92 bits per heavy atom. The highest BCUT2D eigenvalue weighted by Crippen LogP contribution is 2.63. The zero-order valence-electron chi connectivity index (χ0n) is 16.1. The number of Topliss-reactive ketones (excluding diaryl/α,β-unsaturated/α-hetero) is 1. The third kappa shape index (κ3) is 2.84. The van der Waals surface area contributed by atoms with Gasteiger partial charge in [0.1, 0.15) is 5.78 Å². The van der Waals surface area contributed by atoms with E-state index < -0.39 is 17.5 Å². The third-order valence-electron chi connectivity index (χ3n) is 8.00. The standard InChI is InChI=1S/C21H32O5/c1-12(23)14-4-5-15-13-10-18(24)17(11-22)21(3,9-7-19(25)26)16(13)6-8-20(14,15)2/h14-15,17-18,22,24H,4-11H2,1-3H3,(H,25,26)/t14-,15+,17-,18-,20-,21-/m1/s1. The van der Waals surface area contributed by atoms with Crippen LogP contribution in [0.1, 0.15) is 65.7 Å². The second kappa shape index (κ2) is 6.75. The maximum atomic E-state index is 12.2. The molecule has 3 rings (SSSR count). The van der Waals surface area contributed by atoms with Crippen molar-refractivity contribution in [1.82, 2.24) is 0 Å². The number of aliphatic hydroxyl groups excluding tert-OH is 2. The summed E-state index contributed by atoms with van der Waals surface area (Å²) in [7, 11) is 0. The summed E-state index contributed by atoms with van der Waals surface area (Å²) in [5.74, 6) is -0.534. The first-order chi connectivity index (χ1) is 12.1. The van der Waals surface area contributed by atoms with Crippen LogP contribution in [0, 0.1) is 28.6 Å². The van der Waals surface area contributed by atoms with E-state index in [0.29, 0.717) is 18.8 Å². The summed E-state index contributed by atoms with van der Waals surface area (Å²) < 4.78 is 0. The lowest BCUT2D eigenvalue weighted by Gasteiger charge is -2.53. The lowest BCUT2D eigenvalue weighted by molar-refractivity contribution is -0.138. The molecule has 0 bridgehead atoms. The fourth-order valence-electron chi connectivity index (χ4n) is 6.55. The van der Waals surface area contributed by atoms with E-state index in [1.165, 1.54) is 11.1 Å². The zero-order chi connectivity index (χ0) is 19.3. The van der Waals surface area contributed by atoms with E-state index in [4.69, 9.17) is 0 Å². The van der Waals surface area contributed by atoms with Crippen LogP contribution < -0.4 is 0 Å². The first-order valence-electron chi connectivity index (χ1n) is 9.88. The molecule has 5 heteroatoms. The quantitative estimate of drug-likeness (QED) is 0.652. The Bertz CT molecular complexity index is 638. The maximum absolute atomic E-state index is 12.2. The van der Waals surface area contributed by atoms with Crippen molar-refractivity contribution in [3.63, 3.8) is 0 Å². The number of carbonyl (C=O) groups is 2. The Hall–Kier alpha value is -1.20. The molecule has 3 aliphatic carbocycles. The maximum Gasteiger partial charge on any atom is 0.303 e. The molecule has 1 saturated carbocycles. The summed E-state index contributed by atoms with van der Waals surface area (Å²) in [4.78, 5) is 23.4. The molecule has 0 aromatic carbocycles. The van der Waals surface area contributed by atoms with Crippen LogP contribution in [0.5, 0.6) is 0 Å². The molecule has 146 valence electrons. The van der Waals surface area contributed by atoms with Crippen molar-refractivity contribution >= 4 is 11.8 Å². The number of aliphatic hydroxyl groups is 2. The smallest absolute Gasteiger partial charge is 0.303 e. The highest BCUT2D eigenvalue weighted by molar-refractivity contribution is 5.79. The lowest BCUT2D eigenvalue weighted by Crippen LogP contribution is -2.49. The van der Waals surface area contributed by atoms with Crippen molar-refractivity contribution in [1.29, 1.82) is 0 Å². The summed E-state index contributed by atoms with van der Waals surface area (Å²) in [6.45, 7) is 5.80. The number of aliphatic carboxylic acids is 1. The van der Waals surface area contributed by atoms with Crippen molar-refractivity contribution < 1.29 is 24.9 Å². The first kappa shape index (κ1) is 19.6. The Labute approximate surface area is 155 Å². The molecule has 6 atom stereocenters. The molecule has 0 amide bonds. The second-order valence-electron chi connectivity index (χ2n) is 9.17. The van der Waals surface area contributed by atoms with Gasteiger partial charge in [0, 0.05) is 24.9 Å². The van der Waals surface area contributed by atoms with Gasteiger partial charge in [-0.15, -0.1) is 0 Å². The fourth-order valence-corrected chi connectivity index (χ4v) is 6.55. The Kier molecular flexibility index (Phi) is 5.08. The number of allylic oxidation sites excluding steroid dienone is 1. The van der Waals surface area contributed by atoms with Gasteiger partial charge < -0.3 is 15.3 Å². The van der Waals surface area contributed by atoms with E-state index in [1.54, 1.807) is 6.92 Å². The molecular formula is C21H32O5. The van der Waals surface area contributed by atoms with Gasteiger partial charge in [-0.1, -0.05) is 25.0 Å². The molecule has 0 aliphatic heterocycles. The van der Waals surface area contributed by atoms with Crippen molar-refractivity contribution in [2.24, 2.45) is 28.6 Å². The second-order valence-corrected chi connectivity index (χ2v) is 9.17. The number of carboxylic acids is 1. The van der Waals surface area contributed by atoms with Crippen LogP contribution in [0.25, 0.3) is 0 Å². The molecule has 3 N–H and O–H groups in total. The molecule has 0 aromatic rings. The van der Waals surface area contributed by atoms with E-state index in [1.807, 2.05) is 6.92 Å². The van der Waals surface area contributed by atoms with Crippen LogP contribution in [0.15, 0.2) is 11.1 Å². The minimum absolute atomic E-state index is 0.0362. The fraction of sp³-hybridized carbons (Fsp3) is 0.810. The lowest BCUT2D eigenvalue weighted by atomic mass is 9.52. The SMILES string of the molecule is CC(=O)[C@H]1CC[C@H]2C3=C(CC[C@]12C)[C@@](C)(CCC(=O)O)[C@H](CO)[C@H](O)C3. The van der Waals surface area contributed by atoms with Gasteiger partial charge >= 0.3 is 5.97 Å². The van der Waals surface area contributed by atoms with Crippen LogP contribution in [0.4, 0.5) is 0 Å². The average molecular weight is 364 g/mol. The van der Waals surface area contributed by atoms with Crippen LogP contribution in [-0.4, -0.2) is 39.8 Å². The normalized spacial score (nSPS) is 42.3. The van der Waals surface area contributed by atoms with Gasteiger partial charge in [-0.05, 0) is 62.2 Å². The predicted molar refractivity (Wildman–Crippen MR) is 97.4 cm³/mol. The molecular weight excluding hydrogens is 332 g/mol. The van der Waals surface area contributed by atoms with Gasteiger partial charge in [0.15, 0.2) is 0 Å². The largest absolute Gasteiger partial charge is 0.481 e. The summed E-state index contributed by atoms with van der Waals surface area (Å²) >= 11 is 0. The molecule has 0 spiro atoms. The van der Waals surface area contributed by atoms with Crippen LogP contribution in [-0.2, 0) is 9.59 Å². The Balaban J connectivity index is 2.03. The molecule has 3 aliphatic rings. The first-order valence-corrected chi connectivity index (χ1v) is 9.88. The average Bonchev–Trinajstić information content (AvgIpc) is 2.91. The highest BCUT2D eigenvalue weighted by Gasteiger charge is 2.56. The minimum Gasteiger partial charge on any atom is -0.481 e. The number of ketones is 1. The number of carbonyl (C=O) groups excluding carboxylic acids is 1. The summed E-state index contributed by atoms with van der Waals surface area (Å²) in [5.41, 5.74) is 1.97. The zero-order valence-corrected chi connectivity index (χ0v) is 16.1. The molecule has 1 fully saturated rings. The predicted octanol–water partition coefficient (Wildman–Crippen LogP) is 2.94. The molecule has 5 nitrogen and oxygen atoms in total. The number of rotatable bonds is 5. The summed E-state index contributed by atoms with van der Waals surface area (Å²) in [5, 5.41) is 29.9. The van der Waals surface area contributed by atoms with Gasteiger partial charge in [0.2, 0.25) is 0 Å². The van der Waals surface area contributed by atoms with Crippen molar-refractivity contribution in [2.75, 3.05) is 6.61 Å². The Morgan fingerprint density at radius 1 is 1.23 bits per heavy atom. The van der Waals surface area contributed by atoms with E-state index in [-0.39, 0.29) is 36.1 Å². The summed E-state index contributed by atoms with van der Waals surface area (Å²) in [6.07, 6.45) is 4.00. The van der Waals surface area contributed by atoms with Crippen LogP contribution >= 0.6 is 0 Å². The molecule has 0 aromatic heterocycles. The number of carboxylic acid groups (broad SMARTS) is 1. The third-order valence-corrected chi connectivity index (χ3v) is 8.00. The van der Waals surface area contributed by atoms with E-state index in [2.05, 4.69) is 6.92 Å². The van der Waals surface area contributed by atoms with Gasteiger partial charge in [-0.2, -0.15) is 0 Å². The van der Waals surface area contributed by atoms with Gasteiger partial charge in [0.05, 0.1) is 6.10 Å². The van der Waals surface area contributed by atoms with E-state index in [0.717, 1.165) is 25.7 Å². The van der Waals surface area contributed by atoms with E-state index in [9.17, 15) is 24.9 Å². The van der Waals surface area contributed by atoms with Crippen LogP contribution in [0.2, 0.25) is 0 Å². The topological polar surface area (TPSA) is 94.8 Å². The van der Waals surface area contributed by atoms with E-state index >= 15 is 0 Å². The van der Waals surface area contributed by atoms with Gasteiger partial charge in [0.25, 0.3) is 0 Å². The van der Waals surface area contributed by atoms with Crippen LogP contribution in [0.3, 0.4) is 0 Å². The molecule has 0 saturated heterocycles. The van der Waals surface area contributed by atoms with Crippen molar-refractivity contribution in [3.8, 4) is 0 Å². The van der Waals surface area contributed by atoms with Gasteiger partial charge in [-0.3, -0.25) is 9.59 Å². The monoisotopic (exact) mass is 364 g/mol. The highest BCUT2D eigenvalue weighted by atomic mass is 16.4. The number of hydrogen-bond acceptors (Lipinski definition) is 4. The minimum atomic E-state index is -0.844. The molecule has 26 heavy (non-hydrogen) atoms. The number of fused-ring (bicyclic) bond motifs is 2. The van der Waals surface area contributed by atoms with Gasteiger partial charge in [-0.25, -0.2) is 0 Å². The molecule has 0 heterocycles. The molecule has 0 unspecified atom stereocenters.